The van der Waals surface area contributed by atoms with Crippen LogP contribution in [-0.2, 0) is 6.61 Å². The van der Waals surface area contributed by atoms with Crippen molar-refractivity contribution < 1.29 is 13.9 Å². The van der Waals surface area contributed by atoms with Gasteiger partial charge in [-0.2, -0.15) is 0 Å². The molecule has 0 saturated carbocycles. The molecule has 1 heterocycles. The lowest BCUT2D eigenvalue weighted by atomic mass is 10.2. The molecule has 0 bridgehead atoms. The van der Waals surface area contributed by atoms with Crippen LogP contribution in [0.1, 0.15) is 15.9 Å². The van der Waals surface area contributed by atoms with Gasteiger partial charge in [-0.1, -0.05) is 42.5 Å². The first-order chi connectivity index (χ1) is 17.5. The predicted molar refractivity (Wildman–Crippen MR) is 148 cm³/mol. The number of ether oxygens (including phenoxy) is 1. The van der Waals surface area contributed by atoms with Gasteiger partial charge < -0.3 is 14.5 Å². The average Bonchev–Trinajstić information content (AvgIpc) is 3.32. The standard InChI is InChI=1S/C28H20BrN3O3S/c29-23-9-5-4-8-22(23)27-31-24-16-20(12-15-25(24)35-27)30-28(36)32-26(33)19-10-13-21(14-11-19)34-17-18-6-2-1-3-7-18/h1-16H,17H2,(H2,30,32,33,36). The number of benzene rings is 4. The molecule has 1 amide bonds. The summed E-state index contributed by atoms with van der Waals surface area (Å²) in [7, 11) is 0. The van der Waals surface area contributed by atoms with E-state index in [0.29, 0.717) is 40.6 Å². The van der Waals surface area contributed by atoms with Gasteiger partial charge in [0, 0.05) is 15.7 Å². The molecule has 2 N–H and O–H groups in total. The van der Waals surface area contributed by atoms with Crippen LogP contribution in [0, 0.1) is 0 Å². The van der Waals surface area contributed by atoms with Crippen LogP contribution >= 0.6 is 28.1 Å². The fraction of sp³-hybridized carbons (Fsp3) is 0.0357. The highest BCUT2D eigenvalue weighted by Gasteiger charge is 2.13. The summed E-state index contributed by atoms with van der Waals surface area (Å²) < 4.78 is 12.6. The third-order valence-corrected chi connectivity index (χ3v) is 6.24. The van der Waals surface area contributed by atoms with Crippen LogP contribution < -0.4 is 15.4 Å². The summed E-state index contributed by atoms with van der Waals surface area (Å²) in [5.41, 5.74) is 4.41. The quantitative estimate of drug-likeness (QED) is 0.220. The number of amides is 1. The normalized spacial score (nSPS) is 10.7. The maximum Gasteiger partial charge on any atom is 0.257 e. The minimum atomic E-state index is -0.319. The molecule has 0 aliphatic heterocycles. The minimum Gasteiger partial charge on any atom is -0.489 e. The smallest absolute Gasteiger partial charge is 0.257 e. The van der Waals surface area contributed by atoms with Crippen molar-refractivity contribution in [1.29, 1.82) is 0 Å². The molecule has 36 heavy (non-hydrogen) atoms. The topological polar surface area (TPSA) is 76.4 Å². The van der Waals surface area contributed by atoms with Gasteiger partial charge in [-0.25, -0.2) is 4.98 Å². The van der Waals surface area contributed by atoms with Crippen LogP contribution in [0.4, 0.5) is 5.69 Å². The summed E-state index contributed by atoms with van der Waals surface area (Å²) in [5.74, 6) is 0.876. The Balaban J connectivity index is 1.19. The molecule has 0 fully saturated rings. The van der Waals surface area contributed by atoms with Gasteiger partial charge in [-0.15, -0.1) is 0 Å². The van der Waals surface area contributed by atoms with Crippen molar-refractivity contribution in [3.05, 3.63) is 113 Å². The number of aromatic nitrogens is 1. The van der Waals surface area contributed by atoms with Gasteiger partial charge in [-0.05, 0) is 88.3 Å². The minimum absolute atomic E-state index is 0.179. The predicted octanol–water partition coefficient (Wildman–Crippen LogP) is 6.96. The number of anilines is 1. The van der Waals surface area contributed by atoms with Gasteiger partial charge in [0.25, 0.3) is 5.91 Å². The summed E-state index contributed by atoms with van der Waals surface area (Å²) in [4.78, 5) is 17.2. The number of fused-ring (bicyclic) bond motifs is 1. The molecular formula is C28H20BrN3O3S. The Labute approximate surface area is 221 Å². The zero-order valence-corrected chi connectivity index (χ0v) is 21.3. The zero-order chi connectivity index (χ0) is 24.9. The van der Waals surface area contributed by atoms with Gasteiger partial charge in [0.1, 0.15) is 17.9 Å². The van der Waals surface area contributed by atoms with E-state index in [2.05, 4.69) is 31.5 Å². The number of halogens is 1. The summed E-state index contributed by atoms with van der Waals surface area (Å²) in [6.07, 6.45) is 0. The Hall–Kier alpha value is -4.01. The molecule has 8 heteroatoms. The molecule has 0 atom stereocenters. The van der Waals surface area contributed by atoms with E-state index in [1.165, 1.54) is 0 Å². The number of carbonyl (C=O) groups is 1. The van der Waals surface area contributed by atoms with Crippen LogP contribution in [-0.4, -0.2) is 16.0 Å². The van der Waals surface area contributed by atoms with Crippen molar-refractivity contribution in [3.63, 3.8) is 0 Å². The van der Waals surface area contributed by atoms with E-state index in [9.17, 15) is 4.79 Å². The molecule has 0 aliphatic carbocycles. The first kappa shape index (κ1) is 23.7. The van der Waals surface area contributed by atoms with Crippen molar-refractivity contribution in [2.75, 3.05) is 5.32 Å². The molecule has 5 rings (SSSR count). The molecule has 6 nitrogen and oxygen atoms in total. The van der Waals surface area contributed by atoms with Crippen molar-refractivity contribution in [2.45, 2.75) is 6.61 Å². The van der Waals surface area contributed by atoms with Gasteiger partial charge in [0.2, 0.25) is 5.89 Å². The molecule has 0 radical (unpaired) electrons. The number of hydrogen-bond donors (Lipinski definition) is 2. The third-order valence-electron chi connectivity index (χ3n) is 5.34. The Bertz CT molecular complexity index is 1540. The zero-order valence-electron chi connectivity index (χ0n) is 18.9. The molecule has 1 aromatic heterocycles. The lowest BCUT2D eigenvalue weighted by Gasteiger charge is -2.10. The van der Waals surface area contributed by atoms with E-state index in [-0.39, 0.29) is 11.0 Å². The maximum atomic E-state index is 12.6. The Morgan fingerprint density at radius 1 is 0.944 bits per heavy atom. The van der Waals surface area contributed by atoms with Crippen LogP contribution in [0.2, 0.25) is 0 Å². The first-order valence-electron chi connectivity index (χ1n) is 11.1. The molecule has 4 aromatic carbocycles. The molecule has 5 aromatic rings. The highest BCUT2D eigenvalue weighted by Crippen LogP contribution is 2.31. The number of thiocarbonyl (C=S) groups is 1. The fourth-order valence-electron chi connectivity index (χ4n) is 3.54. The number of hydrogen-bond acceptors (Lipinski definition) is 5. The molecule has 0 saturated heterocycles. The average molecular weight is 558 g/mol. The Morgan fingerprint density at radius 3 is 2.47 bits per heavy atom. The van der Waals surface area contributed by atoms with Crippen molar-refractivity contribution in [1.82, 2.24) is 10.3 Å². The lowest BCUT2D eigenvalue weighted by Crippen LogP contribution is -2.34. The van der Waals surface area contributed by atoms with E-state index in [0.717, 1.165) is 15.6 Å². The summed E-state index contributed by atoms with van der Waals surface area (Å²) >= 11 is 8.86. The van der Waals surface area contributed by atoms with Crippen molar-refractivity contribution in [3.8, 4) is 17.2 Å². The Kier molecular flexibility index (Phi) is 7.06. The molecule has 0 aliphatic rings. The summed E-state index contributed by atoms with van der Waals surface area (Å²) in [6, 6.07) is 30.0. The van der Waals surface area contributed by atoms with Gasteiger partial charge in [0.05, 0.1) is 5.56 Å². The Morgan fingerprint density at radius 2 is 1.69 bits per heavy atom. The van der Waals surface area contributed by atoms with Crippen LogP contribution in [0.25, 0.3) is 22.6 Å². The molecular weight excluding hydrogens is 538 g/mol. The van der Waals surface area contributed by atoms with Crippen LogP contribution in [0.15, 0.2) is 106 Å². The van der Waals surface area contributed by atoms with Crippen LogP contribution in [0.3, 0.4) is 0 Å². The third kappa shape index (κ3) is 5.62. The molecule has 178 valence electrons. The monoisotopic (exact) mass is 557 g/mol. The SMILES string of the molecule is O=C(NC(=S)Nc1ccc2oc(-c3ccccc3Br)nc2c1)c1ccc(OCc2ccccc2)cc1. The number of nitrogens with zero attached hydrogens (tertiary/aromatic N) is 1. The van der Waals surface area contributed by atoms with E-state index < -0.39 is 0 Å². The van der Waals surface area contributed by atoms with Crippen LogP contribution in [0.5, 0.6) is 5.75 Å². The maximum absolute atomic E-state index is 12.6. The van der Waals surface area contributed by atoms with Crippen molar-refractivity contribution in [2.24, 2.45) is 0 Å². The number of rotatable bonds is 6. The van der Waals surface area contributed by atoms with E-state index in [1.54, 1.807) is 24.3 Å². The van der Waals surface area contributed by atoms with E-state index >= 15 is 0 Å². The number of carbonyl (C=O) groups excluding carboxylic acids is 1. The lowest BCUT2D eigenvalue weighted by molar-refractivity contribution is 0.0977. The summed E-state index contributed by atoms with van der Waals surface area (Å²) in [5, 5.41) is 5.91. The van der Waals surface area contributed by atoms with E-state index in [4.69, 9.17) is 21.4 Å². The highest BCUT2D eigenvalue weighted by molar-refractivity contribution is 9.10. The second kappa shape index (κ2) is 10.7. The number of oxazole rings is 1. The molecule has 0 spiro atoms. The van der Waals surface area contributed by atoms with Gasteiger partial charge in [0.15, 0.2) is 10.7 Å². The van der Waals surface area contributed by atoms with Crippen molar-refractivity contribution >= 4 is 56.0 Å². The number of nitrogens with one attached hydrogen (secondary N) is 2. The van der Waals surface area contributed by atoms with Gasteiger partial charge in [-0.3, -0.25) is 10.1 Å². The second-order valence-corrected chi connectivity index (χ2v) is 9.15. The summed E-state index contributed by atoms with van der Waals surface area (Å²) in [6.45, 7) is 0.459. The van der Waals surface area contributed by atoms with E-state index in [1.807, 2.05) is 72.8 Å². The fourth-order valence-corrected chi connectivity index (χ4v) is 4.20. The largest absolute Gasteiger partial charge is 0.489 e. The second-order valence-electron chi connectivity index (χ2n) is 7.89. The highest BCUT2D eigenvalue weighted by atomic mass is 79.9. The van der Waals surface area contributed by atoms with Gasteiger partial charge >= 0.3 is 0 Å². The first-order valence-corrected chi connectivity index (χ1v) is 12.3. The molecule has 0 unspecified atom stereocenters.